The van der Waals surface area contributed by atoms with Crippen LogP contribution < -0.4 is 14.8 Å². The molecular formula is C14H14N4O2S2. The summed E-state index contributed by atoms with van der Waals surface area (Å²) in [5, 5.41) is 16.6. The lowest BCUT2D eigenvalue weighted by atomic mass is 10.1. The Hall–Kier alpha value is -1.61. The molecule has 1 aromatic carbocycles. The van der Waals surface area contributed by atoms with E-state index in [9.17, 15) is 5.11 Å². The largest absolute Gasteiger partial charge is 0.493 e. The van der Waals surface area contributed by atoms with E-state index in [0.29, 0.717) is 17.5 Å². The smallest absolute Gasteiger partial charge is 0.175 e. The number of hydrogen-bond donors (Lipinski definition) is 3. The second-order valence-corrected chi connectivity index (χ2v) is 6.65. The van der Waals surface area contributed by atoms with Gasteiger partial charge in [0.1, 0.15) is 23.1 Å². The summed E-state index contributed by atoms with van der Waals surface area (Å²) >= 11 is 2.89. The van der Waals surface area contributed by atoms with E-state index in [0.717, 1.165) is 29.3 Å². The Bertz CT molecular complexity index is 731. The summed E-state index contributed by atoms with van der Waals surface area (Å²) in [6, 6.07) is 6.11. The van der Waals surface area contributed by atoms with Crippen molar-refractivity contribution < 1.29 is 9.84 Å². The number of aliphatic hydroxyl groups is 1. The molecule has 0 aliphatic carbocycles. The van der Waals surface area contributed by atoms with Crippen LogP contribution >= 0.6 is 23.3 Å². The fourth-order valence-electron chi connectivity index (χ4n) is 2.37. The van der Waals surface area contributed by atoms with Crippen molar-refractivity contribution in [3.8, 4) is 16.3 Å². The quantitative estimate of drug-likeness (QED) is 0.588. The first-order valence-electron chi connectivity index (χ1n) is 6.90. The highest BCUT2D eigenvalue weighted by Gasteiger charge is 2.18. The molecule has 2 aromatic rings. The number of benzene rings is 1. The fraction of sp³-hybridized carbons (Fsp3) is 0.286. The first-order chi connectivity index (χ1) is 10.8. The van der Waals surface area contributed by atoms with E-state index in [1.807, 2.05) is 17.5 Å². The van der Waals surface area contributed by atoms with Crippen molar-refractivity contribution in [3.05, 3.63) is 34.8 Å². The van der Waals surface area contributed by atoms with Crippen LogP contribution in [0.3, 0.4) is 0 Å². The van der Waals surface area contributed by atoms with Gasteiger partial charge in [0.15, 0.2) is 11.4 Å². The van der Waals surface area contributed by atoms with E-state index in [1.165, 1.54) is 28.8 Å². The minimum absolute atomic E-state index is 0.555. The molecule has 3 N–H and O–H groups in total. The number of aliphatic imine (C=N–C) groups is 1. The Kier molecular flexibility index (Phi) is 3.75. The molecule has 2 aliphatic rings. The predicted octanol–water partition coefficient (Wildman–Crippen LogP) is 1.89. The second kappa shape index (κ2) is 5.88. The Labute approximate surface area is 135 Å². The highest BCUT2D eigenvalue weighted by Crippen LogP contribution is 2.32. The summed E-state index contributed by atoms with van der Waals surface area (Å²) < 4.78 is 8.51. The second-order valence-electron chi connectivity index (χ2n) is 4.91. The van der Waals surface area contributed by atoms with Gasteiger partial charge in [-0.05, 0) is 35.7 Å². The van der Waals surface area contributed by atoms with Gasteiger partial charge in [0, 0.05) is 17.4 Å². The molecule has 0 amide bonds. The average Bonchev–Trinajstić information content (AvgIpc) is 3.27. The van der Waals surface area contributed by atoms with Gasteiger partial charge in [0.2, 0.25) is 0 Å². The monoisotopic (exact) mass is 334 g/mol. The molecule has 8 heteroatoms. The maximum Gasteiger partial charge on any atom is 0.175 e. The van der Waals surface area contributed by atoms with Crippen molar-refractivity contribution in [2.75, 3.05) is 13.3 Å². The van der Waals surface area contributed by atoms with Crippen LogP contribution in [0, 0.1) is 0 Å². The SMILES string of the molecule is OC(NC1=NCNS1)c1csc(-c2ccc3c(c2)CCO3)n1. The first kappa shape index (κ1) is 14.0. The number of rotatable bonds is 3. The van der Waals surface area contributed by atoms with Gasteiger partial charge in [-0.3, -0.25) is 0 Å². The van der Waals surface area contributed by atoms with Crippen molar-refractivity contribution in [2.45, 2.75) is 12.6 Å². The van der Waals surface area contributed by atoms with E-state index in [1.54, 1.807) is 0 Å². The number of fused-ring (bicyclic) bond motifs is 1. The lowest BCUT2D eigenvalue weighted by Crippen LogP contribution is -2.25. The third kappa shape index (κ3) is 2.70. The molecule has 0 radical (unpaired) electrons. The van der Waals surface area contributed by atoms with Gasteiger partial charge in [-0.2, -0.15) is 0 Å². The van der Waals surface area contributed by atoms with Crippen LogP contribution in [0.1, 0.15) is 17.5 Å². The summed E-state index contributed by atoms with van der Waals surface area (Å²) in [5.74, 6) is 0.964. The Balaban J connectivity index is 1.53. The van der Waals surface area contributed by atoms with Gasteiger partial charge >= 0.3 is 0 Å². The van der Waals surface area contributed by atoms with Crippen LogP contribution in [0.2, 0.25) is 0 Å². The number of ether oxygens (including phenoxy) is 1. The molecular weight excluding hydrogens is 320 g/mol. The minimum Gasteiger partial charge on any atom is -0.493 e. The first-order valence-corrected chi connectivity index (χ1v) is 8.59. The van der Waals surface area contributed by atoms with E-state index in [4.69, 9.17) is 4.74 Å². The summed E-state index contributed by atoms with van der Waals surface area (Å²) in [7, 11) is 0. The predicted molar refractivity (Wildman–Crippen MR) is 87.9 cm³/mol. The zero-order valence-electron chi connectivity index (χ0n) is 11.6. The van der Waals surface area contributed by atoms with Crippen molar-refractivity contribution in [2.24, 2.45) is 4.99 Å². The van der Waals surface area contributed by atoms with Crippen molar-refractivity contribution in [3.63, 3.8) is 0 Å². The fourth-order valence-corrected chi connectivity index (χ4v) is 3.77. The van der Waals surface area contributed by atoms with E-state index in [-0.39, 0.29) is 0 Å². The highest BCUT2D eigenvalue weighted by atomic mass is 32.2. The third-order valence-corrected chi connectivity index (χ3v) is 5.08. The lowest BCUT2D eigenvalue weighted by Gasteiger charge is -2.10. The number of hydrogen-bond acceptors (Lipinski definition) is 8. The highest BCUT2D eigenvalue weighted by molar-refractivity contribution is 8.12. The number of aromatic nitrogens is 1. The maximum atomic E-state index is 10.2. The maximum absolute atomic E-state index is 10.2. The number of nitrogens with one attached hydrogen (secondary N) is 2. The Morgan fingerprint density at radius 1 is 1.41 bits per heavy atom. The lowest BCUT2D eigenvalue weighted by molar-refractivity contribution is 0.160. The zero-order chi connectivity index (χ0) is 14.9. The van der Waals surface area contributed by atoms with Gasteiger partial charge in [-0.15, -0.1) is 11.3 Å². The minimum atomic E-state index is -0.853. The van der Waals surface area contributed by atoms with E-state index >= 15 is 0 Å². The summed E-state index contributed by atoms with van der Waals surface area (Å²) in [6.45, 7) is 1.30. The third-order valence-electron chi connectivity index (χ3n) is 3.45. The molecule has 0 saturated heterocycles. The van der Waals surface area contributed by atoms with E-state index < -0.39 is 6.23 Å². The summed E-state index contributed by atoms with van der Waals surface area (Å²) in [6.07, 6.45) is 0.0873. The molecule has 1 aromatic heterocycles. The molecule has 0 bridgehead atoms. The molecule has 2 aliphatic heterocycles. The average molecular weight is 334 g/mol. The molecule has 22 heavy (non-hydrogen) atoms. The van der Waals surface area contributed by atoms with Crippen LogP contribution in [0.15, 0.2) is 28.6 Å². The van der Waals surface area contributed by atoms with Gasteiger partial charge in [0.25, 0.3) is 0 Å². The van der Waals surface area contributed by atoms with Crippen LogP contribution in [-0.4, -0.2) is 28.5 Å². The molecule has 114 valence electrons. The van der Waals surface area contributed by atoms with Gasteiger partial charge < -0.3 is 15.2 Å². The number of nitrogens with zero attached hydrogens (tertiary/aromatic N) is 2. The van der Waals surface area contributed by atoms with Gasteiger partial charge in [0.05, 0.1) is 6.61 Å². The van der Waals surface area contributed by atoms with Crippen molar-refractivity contribution in [1.82, 2.24) is 15.0 Å². The van der Waals surface area contributed by atoms with Crippen LogP contribution in [-0.2, 0) is 6.42 Å². The standard InChI is InChI=1S/C14H14N4O2S2/c19-12(18-14-15-7-16-22-14)10-6-21-13(17-10)9-1-2-11-8(5-9)3-4-20-11/h1-2,5-6,12,16,19H,3-4,7H2,(H,15,18). The molecule has 0 fully saturated rings. The molecule has 0 saturated carbocycles. The normalized spacial score (nSPS) is 17.8. The van der Waals surface area contributed by atoms with Crippen LogP contribution in [0.25, 0.3) is 10.6 Å². The number of amidine groups is 1. The van der Waals surface area contributed by atoms with Crippen LogP contribution in [0.5, 0.6) is 5.75 Å². The molecule has 3 heterocycles. The van der Waals surface area contributed by atoms with Crippen molar-refractivity contribution >= 4 is 28.5 Å². The molecule has 0 spiro atoms. The molecule has 6 nitrogen and oxygen atoms in total. The van der Waals surface area contributed by atoms with Gasteiger partial charge in [-0.1, -0.05) is 0 Å². The summed E-state index contributed by atoms with van der Waals surface area (Å²) in [5.41, 5.74) is 2.88. The van der Waals surface area contributed by atoms with E-state index in [2.05, 4.69) is 26.1 Å². The van der Waals surface area contributed by atoms with Crippen LogP contribution in [0.4, 0.5) is 0 Å². The Morgan fingerprint density at radius 2 is 2.36 bits per heavy atom. The van der Waals surface area contributed by atoms with Crippen molar-refractivity contribution in [1.29, 1.82) is 0 Å². The van der Waals surface area contributed by atoms with Gasteiger partial charge in [-0.25, -0.2) is 14.7 Å². The molecule has 1 unspecified atom stereocenters. The zero-order valence-corrected chi connectivity index (χ0v) is 13.2. The number of aliphatic hydroxyl groups excluding tert-OH is 1. The molecule has 4 rings (SSSR count). The topological polar surface area (TPSA) is 78.8 Å². The summed E-state index contributed by atoms with van der Waals surface area (Å²) in [4.78, 5) is 8.69. The molecule has 1 atom stereocenters. The number of thiazole rings is 1. The Morgan fingerprint density at radius 3 is 3.23 bits per heavy atom.